The number of fused-ring (bicyclic) bond motifs is 3. The van der Waals surface area contributed by atoms with Crippen LogP contribution in [0.15, 0.2) is 71.7 Å². The molecular formula is C30H31ClN2O2. The molecule has 1 aliphatic carbocycles. The van der Waals surface area contributed by atoms with Gasteiger partial charge in [0.2, 0.25) is 0 Å². The Bertz CT molecular complexity index is 1270. The van der Waals surface area contributed by atoms with Gasteiger partial charge in [0.25, 0.3) is 0 Å². The third kappa shape index (κ3) is 4.81. The van der Waals surface area contributed by atoms with Crippen LogP contribution in [0.1, 0.15) is 54.5 Å². The average molecular weight is 487 g/mol. The first-order chi connectivity index (χ1) is 17.1. The molecule has 0 fully saturated rings. The minimum atomic E-state index is 0.280. The summed E-state index contributed by atoms with van der Waals surface area (Å²) in [4.78, 5) is 4.68. The Balaban J connectivity index is 1.36. The summed E-state index contributed by atoms with van der Waals surface area (Å²) in [5.74, 6) is 2.21. The zero-order valence-electron chi connectivity index (χ0n) is 20.4. The number of aliphatic imine (C=N–C) groups is 1. The van der Waals surface area contributed by atoms with Gasteiger partial charge < -0.3 is 14.8 Å². The van der Waals surface area contributed by atoms with Crippen LogP contribution >= 0.6 is 11.6 Å². The molecule has 0 unspecified atom stereocenters. The van der Waals surface area contributed by atoms with Gasteiger partial charge in [0.05, 0.1) is 30.0 Å². The second-order valence-corrected chi connectivity index (χ2v) is 9.52. The molecule has 5 heteroatoms. The van der Waals surface area contributed by atoms with E-state index in [0.29, 0.717) is 41.6 Å². The second-order valence-electron chi connectivity index (χ2n) is 9.11. The number of hydrogen-bond acceptors (Lipinski definition) is 4. The van der Waals surface area contributed by atoms with Crippen molar-refractivity contribution in [2.24, 2.45) is 10.9 Å². The summed E-state index contributed by atoms with van der Waals surface area (Å²) in [5, 5.41) is 4.33. The highest BCUT2D eigenvalue weighted by atomic mass is 35.5. The maximum absolute atomic E-state index is 6.45. The zero-order valence-corrected chi connectivity index (χ0v) is 21.2. The van der Waals surface area contributed by atoms with Crippen LogP contribution in [0.3, 0.4) is 0 Å². The predicted molar refractivity (Wildman–Crippen MR) is 145 cm³/mol. The van der Waals surface area contributed by atoms with Gasteiger partial charge in [0, 0.05) is 17.8 Å². The molecule has 5 rings (SSSR count). The molecule has 3 aromatic carbocycles. The first-order valence-corrected chi connectivity index (χ1v) is 12.7. The van der Waals surface area contributed by atoms with Crippen molar-refractivity contribution in [1.29, 1.82) is 0 Å². The molecule has 3 atom stereocenters. The van der Waals surface area contributed by atoms with E-state index < -0.39 is 0 Å². The van der Waals surface area contributed by atoms with Crippen LogP contribution in [0.4, 0.5) is 11.4 Å². The van der Waals surface area contributed by atoms with Crippen molar-refractivity contribution in [2.45, 2.75) is 39.2 Å². The smallest absolute Gasteiger partial charge is 0.179 e. The number of nitrogens with one attached hydrogen (secondary N) is 1. The van der Waals surface area contributed by atoms with Gasteiger partial charge >= 0.3 is 0 Å². The van der Waals surface area contributed by atoms with Crippen LogP contribution < -0.4 is 14.8 Å². The molecule has 0 saturated carbocycles. The highest BCUT2D eigenvalue weighted by Crippen LogP contribution is 2.50. The molecule has 0 radical (unpaired) electrons. The molecule has 3 aromatic rings. The second kappa shape index (κ2) is 10.2. The lowest BCUT2D eigenvalue weighted by Gasteiger charge is -2.37. The first-order valence-electron chi connectivity index (χ1n) is 12.3. The summed E-state index contributed by atoms with van der Waals surface area (Å²) >= 11 is 6.45. The average Bonchev–Trinajstić information content (AvgIpc) is 3.35. The molecule has 1 heterocycles. The number of hydrogen-bond donors (Lipinski definition) is 1. The fraction of sp³-hybridized carbons (Fsp3) is 0.300. The van der Waals surface area contributed by atoms with Crippen molar-refractivity contribution in [1.82, 2.24) is 0 Å². The quantitative estimate of drug-likeness (QED) is 0.271. The summed E-state index contributed by atoms with van der Waals surface area (Å²) < 4.78 is 11.4. The number of anilines is 1. The van der Waals surface area contributed by atoms with Gasteiger partial charge in [-0.25, -0.2) is 0 Å². The molecule has 0 bridgehead atoms. The molecule has 0 amide bonds. The Morgan fingerprint density at radius 3 is 2.60 bits per heavy atom. The monoisotopic (exact) mass is 486 g/mol. The lowest BCUT2D eigenvalue weighted by atomic mass is 9.76. The highest BCUT2D eigenvalue weighted by Gasteiger charge is 2.37. The Kier molecular flexibility index (Phi) is 6.83. The van der Waals surface area contributed by atoms with Gasteiger partial charge in [-0.1, -0.05) is 53.6 Å². The predicted octanol–water partition coefficient (Wildman–Crippen LogP) is 8.02. The van der Waals surface area contributed by atoms with E-state index in [9.17, 15) is 0 Å². The number of aryl methyl sites for hydroxylation is 1. The minimum absolute atomic E-state index is 0.280. The summed E-state index contributed by atoms with van der Waals surface area (Å²) in [7, 11) is 0. The van der Waals surface area contributed by atoms with Crippen LogP contribution in [0.25, 0.3) is 0 Å². The van der Waals surface area contributed by atoms with E-state index in [2.05, 4.69) is 71.8 Å². The van der Waals surface area contributed by atoms with Crippen molar-refractivity contribution in [2.75, 3.05) is 18.5 Å². The van der Waals surface area contributed by atoms with Crippen molar-refractivity contribution in [3.63, 3.8) is 0 Å². The summed E-state index contributed by atoms with van der Waals surface area (Å²) in [6.07, 6.45) is 7.62. The van der Waals surface area contributed by atoms with Gasteiger partial charge in [-0.2, -0.15) is 0 Å². The van der Waals surface area contributed by atoms with E-state index in [1.165, 1.54) is 22.4 Å². The number of halogens is 1. The number of ether oxygens (including phenoxy) is 2. The lowest BCUT2D eigenvalue weighted by Crippen LogP contribution is -2.29. The van der Waals surface area contributed by atoms with E-state index >= 15 is 0 Å². The van der Waals surface area contributed by atoms with E-state index in [-0.39, 0.29) is 6.04 Å². The fourth-order valence-electron chi connectivity index (χ4n) is 5.17. The third-order valence-corrected chi connectivity index (χ3v) is 7.03. The first kappa shape index (κ1) is 23.5. The molecule has 2 aliphatic rings. The van der Waals surface area contributed by atoms with Gasteiger partial charge in [0.1, 0.15) is 0 Å². The van der Waals surface area contributed by atoms with Gasteiger partial charge in [-0.05, 0) is 80.1 Å². The van der Waals surface area contributed by atoms with Crippen molar-refractivity contribution in [3.8, 4) is 11.5 Å². The standard InChI is InChI=1S/C30H31ClN2O2/c1-4-34-28-17-20(16-26(31)30(28)35-5-2)18-32-22-12-10-21(11-13-22)29-24-8-6-7-23(24)25-15-19(3)9-14-27(25)33-29/h6-7,9-18,23-24,29,33H,4-5,8H2,1-3H3/t23-,24-,29+/m1/s1. The lowest BCUT2D eigenvalue weighted by molar-refractivity contribution is 0.288. The van der Waals surface area contributed by atoms with Crippen molar-refractivity contribution >= 4 is 29.2 Å². The van der Waals surface area contributed by atoms with Crippen molar-refractivity contribution < 1.29 is 9.47 Å². The molecular weight excluding hydrogens is 456 g/mol. The maximum atomic E-state index is 6.45. The molecule has 0 aromatic heterocycles. The highest BCUT2D eigenvalue weighted by molar-refractivity contribution is 6.32. The summed E-state index contributed by atoms with van der Waals surface area (Å²) in [6.45, 7) is 7.10. The minimum Gasteiger partial charge on any atom is -0.490 e. The van der Waals surface area contributed by atoms with E-state index in [4.69, 9.17) is 21.1 Å². The van der Waals surface area contributed by atoms with Gasteiger partial charge in [-0.15, -0.1) is 0 Å². The number of benzene rings is 3. The van der Waals surface area contributed by atoms with Crippen LogP contribution in [0.2, 0.25) is 5.02 Å². The van der Waals surface area contributed by atoms with E-state index in [0.717, 1.165) is 17.7 Å². The molecule has 35 heavy (non-hydrogen) atoms. The van der Waals surface area contributed by atoms with Crippen LogP contribution in [0, 0.1) is 12.8 Å². The number of allylic oxidation sites excluding steroid dienone is 2. The maximum Gasteiger partial charge on any atom is 0.179 e. The van der Waals surface area contributed by atoms with Gasteiger partial charge in [-0.3, -0.25) is 4.99 Å². The summed E-state index contributed by atoms with van der Waals surface area (Å²) in [6, 6.07) is 19.3. The summed E-state index contributed by atoms with van der Waals surface area (Å²) in [5.41, 5.74) is 7.02. The zero-order chi connectivity index (χ0) is 24.4. The molecule has 4 nitrogen and oxygen atoms in total. The number of rotatable bonds is 7. The van der Waals surface area contributed by atoms with Crippen molar-refractivity contribution in [3.05, 3.63) is 94.0 Å². The van der Waals surface area contributed by atoms with Crippen LogP contribution in [0.5, 0.6) is 11.5 Å². The van der Waals surface area contributed by atoms with E-state index in [1.807, 2.05) is 32.2 Å². The molecule has 180 valence electrons. The third-order valence-electron chi connectivity index (χ3n) is 6.75. The Hall–Kier alpha value is -3.24. The van der Waals surface area contributed by atoms with Gasteiger partial charge in [0.15, 0.2) is 11.5 Å². The fourth-order valence-corrected chi connectivity index (χ4v) is 5.44. The normalized spacial score (nSPS) is 20.4. The Morgan fingerprint density at radius 1 is 1.03 bits per heavy atom. The molecule has 0 spiro atoms. The van der Waals surface area contributed by atoms with Crippen LogP contribution in [-0.4, -0.2) is 19.4 Å². The number of nitrogens with zero attached hydrogens (tertiary/aromatic N) is 1. The Labute approximate surface area is 212 Å². The Morgan fingerprint density at radius 2 is 1.83 bits per heavy atom. The largest absolute Gasteiger partial charge is 0.490 e. The topological polar surface area (TPSA) is 42.8 Å². The molecule has 1 N–H and O–H groups in total. The molecule has 1 aliphatic heterocycles. The van der Waals surface area contributed by atoms with E-state index in [1.54, 1.807) is 0 Å². The van der Waals surface area contributed by atoms with Crippen LogP contribution in [-0.2, 0) is 0 Å². The SMILES string of the molecule is CCOc1cc(C=Nc2ccc([C@@H]3Nc4ccc(C)cc4[C@@H]4C=CC[C@H]43)cc2)cc(Cl)c1OCC. The molecule has 0 saturated heterocycles.